The first-order chi connectivity index (χ1) is 13.1. The second-order valence-corrected chi connectivity index (χ2v) is 5.79. The lowest BCUT2D eigenvalue weighted by atomic mass is 10.1. The van der Waals surface area contributed by atoms with E-state index in [0.29, 0.717) is 23.0 Å². The molecule has 3 heterocycles. The number of benzene rings is 1. The lowest BCUT2D eigenvalue weighted by molar-refractivity contribution is -0.0585. The van der Waals surface area contributed by atoms with Crippen LogP contribution in [0.4, 0.5) is 0 Å². The van der Waals surface area contributed by atoms with Gasteiger partial charge in [-0.25, -0.2) is 14.5 Å². The van der Waals surface area contributed by atoms with E-state index in [1.165, 1.54) is 23.0 Å². The largest absolute Gasteiger partial charge is 0.367 e. The normalized spacial score (nSPS) is 13.0. The van der Waals surface area contributed by atoms with Gasteiger partial charge in [0.15, 0.2) is 5.82 Å². The summed E-state index contributed by atoms with van der Waals surface area (Å²) in [5.74, 6) is -1.61. The predicted molar refractivity (Wildman–Crippen MR) is 93.1 cm³/mol. The number of fused-ring (bicyclic) bond motifs is 1. The van der Waals surface area contributed by atoms with Crippen LogP contribution in [0.5, 0.6) is 0 Å². The molecule has 0 atom stereocenters. The number of hydrogen-bond acceptors (Lipinski definition) is 6. The van der Waals surface area contributed by atoms with Gasteiger partial charge < -0.3 is 4.84 Å². The zero-order valence-electron chi connectivity index (χ0n) is 14.3. The zero-order chi connectivity index (χ0) is 19.0. The number of hydroxylamine groups is 2. The molecule has 0 aliphatic carbocycles. The Hall–Kier alpha value is -3.81. The summed E-state index contributed by atoms with van der Waals surface area (Å²) in [6.07, 6.45) is 3.43. The molecule has 8 nitrogen and oxygen atoms in total. The third-order valence-corrected chi connectivity index (χ3v) is 4.22. The quantitative estimate of drug-likeness (QED) is 0.661. The molecule has 0 saturated heterocycles. The van der Waals surface area contributed by atoms with Gasteiger partial charge in [-0.05, 0) is 30.7 Å². The van der Waals surface area contributed by atoms with E-state index in [1.54, 1.807) is 36.5 Å². The minimum absolute atomic E-state index is 0.166. The molecule has 1 aliphatic heterocycles. The number of hydrogen-bond donors (Lipinski definition) is 0. The third kappa shape index (κ3) is 2.67. The number of amides is 2. The first kappa shape index (κ1) is 16.6. The summed E-state index contributed by atoms with van der Waals surface area (Å²) in [6, 6.07) is 11.6. The van der Waals surface area contributed by atoms with E-state index in [9.17, 15) is 14.4 Å². The van der Waals surface area contributed by atoms with Crippen molar-refractivity contribution in [3.8, 4) is 5.82 Å². The minimum Gasteiger partial charge on any atom is -0.324 e. The Balaban J connectivity index is 1.63. The Kier molecular flexibility index (Phi) is 4.00. The molecule has 0 saturated carbocycles. The molecule has 8 heteroatoms. The molecular formula is C19H14N4O4. The summed E-state index contributed by atoms with van der Waals surface area (Å²) in [5, 5.41) is 4.69. The van der Waals surface area contributed by atoms with Crippen LogP contribution < -0.4 is 0 Å². The Bertz CT molecular complexity index is 1020. The second-order valence-electron chi connectivity index (χ2n) is 5.79. The summed E-state index contributed by atoms with van der Waals surface area (Å²) in [4.78, 5) is 46.7. The highest BCUT2D eigenvalue weighted by molar-refractivity contribution is 6.21. The molecule has 27 heavy (non-hydrogen) atoms. The summed E-state index contributed by atoms with van der Waals surface area (Å²) in [7, 11) is 0. The maximum Gasteiger partial charge on any atom is 0.367 e. The Labute approximate surface area is 154 Å². The van der Waals surface area contributed by atoms with Gasteiger partial charge in [0.1, 0.15) is 5.56 Å². The number of pyridine rings is 1. The van der Waals surface area contributed by atoms with Crippen LogP contribution in [0, 0.1) is 0 Å². The SMILES string of the molecule is CCc1c(C(=O)ON2C(=O)c3ccccc3C2=O)cnn1-c1ccccn1. The van der Waals surface area contributed by atoms with Crippen molar-refractivity contribution in [1.82, 2.24) is 19.8 Å². The second kappa shape index (κ2) is 6.49. The van der Waals surface area contributed by atoms with Crippen LogP contribution >= 0.6 is 0 Å². The summed E-state index contributed by atoms with van der Waals surface area (Å²) in [5.41, 5.74) is 1.14. The van der Waals surface area contributed by atoms with Crippen molar-refractivity contribution in [2.75, 3.05) is 0 Å². The molecule has 4 rings (SSSR count). The predicted octanol–water partition coefficient (Wildman–Crippen LogP) is 2.20. The van der Waals surface area contributed by atoms with Crippen molar-refractivity contribution < 1.29 is 19.2 Å². The number of aromatic nitrogens is 3. The van der Waals surface area contributed by atoms with E-state index in [2.05, 4.69) is 10.1 Å². The molecule has 0 spiro atoms. The highest BCUT2D eigenvalue weighted by atomic mass is 16.7. The molecule has 2 amide bonds. The average molecular weight is 362 g/mol. The van der Waals surface area contributed by atoms with Crippen LogP contribution in [0.2, 0.25) is 0 Å². The van der Waals surface area contributed by atoms with Gasteiger partial charge in [-0.15, -0.1) is 0 Å². The van der Waals surface area contributed by atoms with E-state index < -0.39 is 17.8 Å². The van der Waals surface area contributed by atoms with Crippen LogP contribution in [0.3, 0.4) is 0 Å². The Morgan fingerprint density at radius 2 is 1.70 bits per heavy atom. The fraction of sp³-hybridized carbons (Fsp3) is 0.105. The fourth-order valence-electron chi connectivity index (χ4n) is 2.94. The molecule has 134 valence electrons. The topological polar surface area (TPSA) is 94.4 Å². The zero-order valence-corrected chi connectivity index (χ0v) is 14.3. The molecule has 0 N–H and O–H groups in total. The van der Waals surface area contributed by atoms with Gasteiger partial charge >= 0.3 is 5.97 Å². The minimum atomic E-state index is -0.830. The van der Waals surface area contributed by atoms with Gasteiger partial charge in [0, 0.05) is 6.20 Å². The smallest absolute Gasteiger partial charge is 0.324 e. The summed E-state index contributed by atoms with van der Waals surface area (Å²) in [6.45, 7) is 1.86. The van der Waals surface area contributed by atoms with Crippen LogP contribution in [0.1, 0.15) is 43.7 Å². The third-order valence-electron chi connectivity index (χ3n) is 4.22. The highest BCUT2D eigenvalue weighted by Gasteiger charge is 2.39. The summed E-state index contributed by atoms with van der Waals surface area (Å²) < 4.78 is 1.53. The van der Waals surface area contributed by atoms with Crippen molar-refractivity contribution in [2.24, 2.45) is 0 Å². The van der Waals surface area contributed by atoms with Crippen molar-refractivity contribution in [2.45, 2.75) is 13.3 Å². The average Bonchev–Trinajstić information content (AvgIpc) is 3.24. The molecule has 2 aromatic heterocycles. The van der Waals surface area contributed by atoms with E-state index in [-0.39, 0.29) is 16.7 Å². The van der Waals surface area contributed by atoms with Crippen LogP contribution in [0.15, 0.2) is 54.9 Å². The van der Waals surface area contributed by atoms with Gasteiger partial charge in [-0.3, -0.25) is 9.59 Å². The van der Waals surface area contributed by atoms with E-state index in [4.69, 9.17) is 4.84 Å². The van der Waals surface area contributed by atoms with Crippen molar-refractivity contribution in [1.29, 1.82) is 0 Å². The summed E-state index contributed by atoms with van der Waals surface area (Å²) >= 11 is 0. The lowest BCUT2D eigenvalue weighted by Gasteiger charge is -2.13. The molecule has 0 fully saturated rings. The van der Waals surface area contributed by atoms with Crippen LogP contribution in [-0.4, -0.2) is 37.6 Å². The van der Waals surface area contributed by atoms with E-state index in [0.717, 1.165) is 0 Å². The van der Waals surface area contributed by atoms with Gasteiger partial charge in [0.05, 0.1) is 23.0 Å². The van der Waals surface area contributed by atoms with Crippen molar-refractivity contribution in [3.63, 3.8) is 0 Å². The van der Waals surface area contributed by atoms with Gasteiger partial charge in [-0.1, -0.05) is 30.2 Å². The highest BCUT2D eigenvalue weighted by Crippen LogP contribution is 2.24. The Morgan fingerprint density at radius 3 is 2.30 bits per heavy atom. The molecule has 0 bridgehead atoms. The Morgan fingerprint density at radius 1 is 1.04 bits per heavy atom. The number of nitrogens with zero attached hydrogens (tertiary/aromatic N) is 4. The van der Waals surface area contributed by atoms with Gasteiger partial charge in [-0.2, -0.15) is 5.10 Å². The van der Waals surface area contributed by atoms with E-state index >= 15 is 0 Å². The number of carbonyl (C=O) groups is 3. The van der Waals surface area contributed by atoms with Gasteiger partial charge in [0.25, 0.3) is 11.8 Å². The van der Waals surface area contributed by atoms with Crippen LogP contribution in [0.25, 0.3) is 5.82 Å². The lowest BCUT2D eigenvalue weighted by Crippen LogP contribution is -2.32. The van der Waals surface area contributed by atoms with Crippen LogP contribution in [-0.2, 0) is 11.3 Å². The number of rotatable bonds is 4. The monoisotopic (exact) mass is 362 g/mol. The maximum atomic E-state index is 12.6. The molecule has 1 aromatic carbocycles. The fourth-order valence-corrected chi connectivity index (χ4v) is 2.94. The number of imide groups is 1. The molecule has 0 unspecified atom stereocenters. The van der Waals surface area contributed by atoms with E-state index in [1.807, 2.05) is 6.92 Å². The molecule has 1 aliphatic rings. The van der Waals surface area contributed by atoms with Crippen molar-refractivity contribution in [3.05, 3.63) is 77.2 Å². The van der Waals surface area contributed by atoms with Crippen molar-refractivity contribution >= 4 is 17.8 Å². The maximum absolute atomic E-state index is 12.6. The number of carbonyl (C=O) groups excluding carboxylic acids is 3. The first-order valence-corrected chi connectivity index (χ1v) is 8.30. The molecular weight excluding hydrogens is 348 g/mol. The first-order valence-electron chi connectivity index (χ1n) is 8.30. The standard InChI is InChI=1S/C19H14N4O4/c1-2-15-14(11-21-22(15)16-9-5-6-10-20-16)19(26)27-23-17(24)12-7-3-4-8-13(12)18(23)25/h3-11H,2H2,1H3. The molecule has 0 radical (unpaired) electrons. The van der Waals surface area contributed by atoms with Gasteiger partial charge in [0.2, 0.25) is 0 Å². The molecule has 3 aromatic rings.